The van der Waals surface area contributed by atoms with Crippen molar-refractivity contribution in [3.63, 3.8) is 0 Å². The molecule has 2 aromatic rings. The summed E-state index contributed by atoms with van der Waals surface area (Å²) in [5, 5.41) is 3.08. The Balaban J connectivity index is 1.58. The van der Waals surface area contributed by atoms with E-state index in [9.17, 15) is 9.59 Å². The van der Waals surface area contributed by atoms with Gasteiger partial charge in [0.2, 0.25) is 5.91 Å². The Morgan fingerprint density at radius 1 is 1.19 bits per heavy atom. The van der Waals surface area contributed by atoms with Crippen LogP contribution in [0.25, 0.3) is 0 Å². The van der Waals surface area contributed by atoms with Gasteiger partial charge >= 0.3 is 0 Å². The highest BCUT2D eigenvalue weighted by molar-refractivity contribution is 6.05. The number of rotatable bonds is 4. The fourth-order valence-corrected chi connectivity index (χ4v) is 5.73. The van der Waals surface area contributed by atoms with Gasteiger partial charge in [0, 0.05) is 24.9 Å². The van der Waals surface area contributed by atoms with Gasteiger partial charge in [-0.15, -0.1) is 0 Å². The lowest BCUT2D eigenvalue weighted by Crippen LogP contribution is -2.61. The van der Waals surface area contributed by atoms with E-state index in [2.05, 4.69) is 10.3 Å². The number of hydrogen-bond donors (Lipinski definition) is 1. The number of nitrogens with one attached hydrogen (secondary N) is 1. The van der Waals surface area contributed by atoms with Crippen LogP contribution in [0.3, 0.4) is 0 Å². The molecule has 0 radical (unpaired) electrons. The molecule has 0 bridgehead atoms. The van der Waals surface area contributed by atoms with Crippen LogP contribution in [-0.2, 0) is 9.53 Å². The van der Waals surface area contributed by atoms with Gasteiger partial charge in [0.25, 0.3) is 5.91 Å². The number of anilines is 1. The number of fused-ring (bicyclic) bond motifs is 1. The molecule has 3 aliphatic rings. The average Bonchev–Trinajstić information content (AvgIpc) is 3.46. The Morgan fingerprint density at radius 2 is 2.00 bits per heavy atom. The molecule has 0 unspecified atom stereocenters. The van der Waals surface area contributed by atoms with Crippen molar-refractivity contribution < 1.29 is 14.3 Å². The predicted octanol–water partition coefficient (Wildman–Crippen LogP) is 4.06. The summed E-state index contributed by atoms with van der Waals surface area (Å²) in [5.74, 6) is 0.111. The molecule has 1 N–H and O–H groups in total. The molecular weight excluding hydrogens is 390 g/mol. The molecule has 6 nitrogen and oxygen atoms in total. The summed E-state index contributed by atoms with van der Waals surface area (Å²) in [6, 6.07) is 11.4. The highest BCUT2D eigenvalue weighted by Crippen LogP contribution is 2.51. The van der Waals surface area contributed by atoms with E-state index in [4.69, 9.17) is 4.74 Å². The number of benzene rings is 1. The first-order valence-corrected chi connectivity index (χ1v) is 11.4. The lowest BCUT2D eigenvalue weighted by Gasteiger charge is -2.50. The monoisotopic (exact) mass is 419 g/mol. The number of carbonyl (C=O) groups excluding carboxylic acids is 2. The molecule has 1 saturated heterocycles. The molecular formula is C25H29N3O3. The molecule has 1 aromatic heterocycles. The standard InChI is InChI=1S/C25H29N3O3/c1-17-8-6-14-26-22(17)27-23(29)21-19-10-2-3-11-20(19)24(30)28(16-18-9-7-15-31-18)25(21)12-4-5-13-25/h2-3,6,8,10-11,14,18,21H,4-5,7,9,12-13,15-16H2,1H3,(H,26,27,29)/t18-,21+/m1/s1. The summed E-state index contributed by atoms with van der Waals surface area (Å²) < 4.78 is 5.90. The third-order valence-corrected chi connectivity index (χ3v) is 7.22. The van der Waals surface area contributed by atoms with E-state index in [-0.39, 0.29) is 17.9 Å². The summed E-state index contributed by atoms with van der Waals surface area (Å²) in [5.41, 5.74) is 1.89. The van der Waals surface area contributed by atoms with E-state index < -0.39 is 11.5 Å². The van der Waals surface area contributed by atoms with Crippen LogP contribution in [0.2, 0.25) is 0 Å². The van der Waals surface area contributed by atoms with Crippen LogP contribution >= 0.6 is 0 Å². The Morgan fingerprint density at radius 3 is 2.74 bits per heavy atom. The smallest absolute Gasteiger partial charge is 0.254 e. The molecule has 6 heteroatoms. The summed E-state index contributed by atoms with van der Waals surface area (Å²) in [6.45, 7) is 3.24. The highest BCUT2D eigenvalue weighted by atomic mass is 16.5. The zero-order chi connectivity index (χ0) is 21.4. The molecule has 1 saturated carbocycles. The molecule has 1 aliphatic carbocycles. The van der Waals surface area contributed by atoms with Gasteiger partial charge in [-0.2, -0.15) is 0 Å². The van der Waals surface area contributed by atoms with Crippen LogP contribution in [0.15, 0.2) is 42.6 Å². The fourth-order valence-electron chi connectivity index (χ4n) is 5.73. The first-order chi connectivity index (χ1) is 15.1. The maximum absolute atomic E-state index is 13.8. The van der Waals surface area contributed by atoms with Crippen molar-refractivity contribution in [2.24, 2.45) is 0 Å². The van der Waals surface area contributed by atoms with Crippen LogP contribution < -0.4 is 5.32 Å². The van der Waals surface area contributed by atoms with E-state index in [0.717, 1.165) is 56.3 Å². The number of aromatic nitrogens is 1. The third-order valence-electron chi connectivity index (χ3n) is 7.22. The maximum atomic E-state index is 13.8. The predicted molar refractivity (Wildman–Crippen MR) is 118 cm³/mol. The summed E-state index contributed by atoms with van der Waals surface area (Å²) >= 11 is 0. The van der Waals surface area contributed by atoms with Crippen molar-refractivity contribution in [1.82, 2.24) is 9.88 Å². The Bertz CT molecular complexity index is 993. The molecule has 2 atom stereocenters. The number of ether oxygens (including phenoxy) is 1. The van der Waals surface area contributed by atoms with Crippen molar-refractivity contribution in [3.05, 3.63) is 59.3 Å². The van der Waals surface area contributed by atoms with Gasteiger partial charge in [-0.1, -0.05) is 37.1 Å². The minimum Gasteiger partial charge on any atom is -0.376 e. The van der Waals surface area contributed by atoms with Gasteiger partial charge < -0.3 is 15.0 Å². The van der Waals surface area contributed by atoms with Gasteiger partial charge in [-0.25, -0.2) is 4.98 Å². The number of carbonyl (C=O) groups is 2. The lowest BCUT2D eigenvalue weighted by molar-refractivity contribution is -0.121. The molecule has 3 heterocycles. The molecule has 31 heavy (non-hydrogen) atoms. The van der Waals surface area contributed by atoms with E-state index in [1.807, 2.05) is 48.2 Å². The van der Waals surface area contributed by atoms with Crippen molar-refractivity contribution >= 4 is 17.6 Å². The van der Waals surface area contributed by atoms with Crippen LogP contribution in [-0.4, -0.2) is 46.5 Å². The van der Waals surface area contributed by atoms with Gasteiger partial charge in [-0.3, -0.25) is 9.59 Å². The zero-order valence-corrected chi connectivity index (χ0v) is 18.0. The van der Waals surface area contributed by atoms with Crippen LogP contribution in [0.4, 0.5) is 5.82 Å². The minimum atomic E-state index is -0.510. The normalized spacial score (nSPS) is 24.4. The Labute approximate surface area is 183 Å². The van der Waals surface area contributed by atoms with E-state index in [1.165, 1.54) is 0 Å². The second-order valence-electron chi connectivity index (χ2n) is 9.04. The van der Waals surface area contributed by atoms with Crippen LogP contribution in [0.1, 0.15) is 65.9 Å². The first-order valence-electron chi connectivity index (χ1n) is 11.4. The summed E-state index contributed by atoms with van der Waals surface area (Å²) in [7, 11) is 0. The van der Waals surface area contributed by atoms with Crippen molar-refractivity contribution in [2.45, 2.75) is 63.0 Å². The Kier molecular flexibility index (Phi) is 5.26. The zero-order valence-electron chi connectivity index (χ0n) is 18.0. The van der Waals surface area contributed by atoms with E-state index in [0.29, 0.717) is 17.9 Å². The number of pyridine rings is 1. The van der Waals surface area contributed by atoms with Crippen LogP contribution in [0.5, 0.6) is 0 Å². The van der Waals surface area contributed by atoms with Gasteiger partial charge in [-0.05, 0) is 55.9 Å². The van der Waals surface area contributed by atoms with Crippen molar-refractivity contribution in [3.8, 4) is 0 Å². The topological polar surface area (TPSA) is 71.5 Å². The number of nitrogens with zero attached hydrogens (tertiary/aromatic N) is 2. The second kappa shape index (κ2) is 8.08. The maximum Gasteiger partial charge on any atom is 0.254 e. The van der Waals surface area contributed by atoms with E-state index >= 15 is 0 Å². The second-order valence-corrected chi connectivity index (χ2v) is 9.04. The quantitative estimate of drug-likeness (QED) is 0.811. The molecule has 1 spiro atoms. The number of aryl methyl sites for hydroxylation is 1. The van der Waals surface area contributed by atoms with E-state index in [1.54, 1.807) is 6.20 Å². The van der Waals surface area contributed by atoms with Gasteiger partial charge in [0.1, 0.15) is 5.82 Å². The summed E-state index contributed by atoms with van der Waals surface area (Å²) in [4.78, 5) is 33.8. The molecule has 5 rings (SSSR count). The third kappa shape index (κ3) is 3.43. The Hall–Kier alpha value is -2.73. The fraction of sp³-hybridized carbons (Fsp3) is 0.480. The minimum absolute atomic E-state index is 0.0334. The van der Waals surface area contributed by atoms with Crippen molar-refractivity contribution in [2.75, 3.05) is 18.5 Å². The first kappa shape index (κ1) is 20.2. The molecule has 1 aromatic carbocycles. The summed E-state index contributed by atoms with van der Waals surface area (Å²) in [6.07, 6.45) is 7.43. The highest BCUT2D eigenvalue weighted by Gasteiger charge is 2.56. The molecule has 2 aliphatic heterocycles. The lowest BCUT2D eigenvalue weighted by atomic mass is 9.71. The molecule has 2 amide bonds. The van der Waals surface area contributed by atoms with Crippen molar-refractivity contribution in [1.29, 1.82) is 0 Å². The van der Waals surface area contributed by atoms with Gasteiger partial charge in [0.05, 0.1) is 17.6 Å². The van der Waals surface area contributed by atoms with Crippen LogP contribution in [0, 0.1) is 6.92 Å². The molecule has 162 valence electrons. The SMILES string of the molecule is Cc1cccnc1NC(=O)[C@@H]1c2ccccc2C(=O)N(C[C@H]2CCCO2)C12CCCC2. The number of hydrogen-bond acceptors (Lipinski definition) is 4. The average molecular weight is 420 g/mol. The van der Waals surface area contributed by atoms with Gasteiger partial charge in [0.15, 0.2) is 0 Å². The largest absolute Gasteiger partial charge is 0.376 e. The number of amides is 2. The molecule has 2 fully saturated rings.